The molecule has 2 aromatic carbocycles. The van der Waals surface area contributed by atoms with Crippen molar-refractivity contribution in [3.05, 3.63) is 95.9 Å². The first-order valence-corrected chi connectivity index (χ1v) is 8.61. The number of nitrogens with one attached hydrogen (secondary N) is 1. The lowest BCUT2D eigenvalue weighted by Gasteiger charge is -2.10. The van der Waals surface area contributed by atoms with E-state index in [2.05, 4.69) is 15.5 Å². The van der Waals surface area contributed by atoms with Gasteiger partial charge in [-0.1, -0.05) is 23.4 Å². The molecule has 2 heterocycles. The van der Waals surface area contributed by atoms with Crippen molar-refractivity contribution in [3.8, 4) is 5.69 Å². The Kier molecular flexibility index (Phi) is 4.53. The topological polar surface area (TPSA) is 73.0 Å². The summed E-state index contributed by atoms with van der Waals surface area (Å²) in [6, 6.07) is 19.0. The van der Waals surface area contributed by atoms with Gasteiger partial charge >= 0.3 is 0 Å². The Morgan fingerprint density at radius 3 is 2.48 bits per heavy atom. The normalized spacial score (nSPS) is 10.7. The van der Waals surface area contributed by atoms with Gasteiger partial charge in [-0.3, -0.25) is 4.79 Å². The molecule has 6 heteroatoms. The summed E-state index contributed by atoms with van der Waals surface area (Å²) in [6.45, 7) is 1.78. The number of amides is 1. The average Bonchev–Trinajstić information content (AvgIpc) is 3.35. The summed E-state index contributed by atoms with van der Waals surface area (Å²) in [4.78, 5) is 16.9. The molecule has 0 unspecified atom stereocenters. The number of anilines is 1. The fraction of sp³-hybridized carbons (Fsp3) is 0.0952. The van der Waals surface area contributed by atoms with Crippen LogP contribution in [0.15, 0.2) is 77.6 Å². The van der Waals surface area contributed by atoms with Crippen LogP contribution in [0.4, 0.5) is 5.69 Å². The minimum absolute atomic E-state index is 0.164. The first kappa shape index (κ1) is 16.8. The minimum Gasteiger partial charge on any atom is -0.339 e. The van der Waals surface area contributed by atoms with Crippen molar-refractivity contribution in [1.29, 1.82) is 0 Å². The van der Waals surface area contributed by atoms with E-state index in [0.717, 1.165) is 16.9 Å². The molecular formula is C21H18N4O2. The number of rotatable bonds is 5. The zero-order chi connectivity index (χ0) is 18.6. The zero-order valence-corrected chi connectivity index (χ0v) is 14.8. The van der Waals surface area contributed by atoms with Crippen LogP contribution < -0.4 is 5.32 Å². The molecule has 4 rings (SSSR count). The van der Waals surface area contributed by atoms with Gasteiger partial charge < -0.3 is 14.4 Å². The average molecular weight is 358 g/mol. The highest BCUT2D eigenvalue weighted by Gasteiger charge is 2.12. The number of hydrogen-bond acceptors (Lipinski definition) is 4. The maximum absolute atomic E-state index is 12.7. The molecule has 2 aromatic heterocycles. The van der Waals surface area contributed by atoms with Crippen molar-refractivity contribution in [1.82, 2.24) is 14.7 Å². The molecule has 6 nitrogen and oxygen atoms in total. The standard InChI is InChI=1S/C21H18N4O2/c1-15-22-20(27-24-15)14-17-6-2-3-7-19(17)23-21(26)16-8-10-18(11-9-16)25-12-4-5-13-25/h2-13H,14H2,1H3,(H,23,26). The van der Waals surface area contributed by atoms with E-state index in [-0.39, 0.29) is 5.91 Å². The SMILES string of the molecule is Cc1noc(Cc2ccccc2NC(=O)c2ccc(-n3cccc3)cc2)n1. The van der Waals surface area contributed by atoms with E-state index in [1.165, 1.54) is 0 Å². The van der Waals surface area contributed by atoms with Gasteiger partial charge in [0.25, 0.3) is 5.91 Å². The Labute approximate surface area is 156 Å². The van der Waals surface area contributed by atoms with Gasteiger partial charge in [0, 0.05) is 29.3 Å². The van der Waals surface area contributed by atoms with Crippen LogP contribution in [0.25, 0.3) is 5.69 Å². The molecule has 0 aliphatic carbocycles. The lowest BCUT2D eigenvalue weighted by atomic mass is 10.1. The predicted octanol–water partition coefficient (Wildman–Crippen LogP) is 4.01. The second kappa shape index (κ2) is 7.29. The van der Waals surface area contributed by atoms with Crippen molar-refractivity contribution in [3.63, 3.8) is 0 Å². The summed E-state index contributed by atoms with van der Waals surface area (Å²) in [5.41, 5.74) is 3.24. The van der Waals surface area contributed by atoms with E-state index in [9.17, 15) is 4.79 Å². The molecule has 0 fully saturated rings. The minimum atomic E-state index is -0.164. The number of para-hydroxylation sites is 1. The van der Waals surface area contributed by atoms with Gasteiger partial charge in [-0.2, -0.15) is 4.98 Å². The highest BCUT2D eigenvalue weighted by molar-refractivity contribution is 6.04. The third-order valence-corrected chi connectivity index (χ3v) is 4.21. The van der Waals surface area contributed by atoms with Gasteiger partial charge in [0.2, 0.25) is 5.89 Å². The van der Waals surface area contributed by atoms with E-state index in [1.54, 1.807) is 6.92 Å². The van der Waals surface area contributed by atoms with E-state index >= 15 is 0 Å². The van der Waals surface area contributed by atoms with Crippen LogP contribution >= 0.6 is 0 Å². The fourth-order valence-electron chi connectivity index (χ4n) is 2.86. The highest BCUT2D eigenvalue weighted by atomic mass is 16.5. The number of aromatic nitrogens is 3. The Bertz CT molecular complexity index is 1050. The molecule has 0 aliphatic heterocycles. The summed E-state index contributed by atoms with van der Waals surface area (Å²) < 4.78 is 7.17. The largest absolute Gasteiger partial charge is 0.339 e. The first-order valence-electron chi connectivity index (χ1n) is 8.61. The summed E-state index contributed by atoms with van der Waals surface area (Å²) in [5.74, 6) is 0.947. The quantitative estimate of drug-likeness (QED) is 0.585. The predicted molar refractivity (Wildman–Crippen MR) is 102 cm³/mol. The highest BCUT2D eigenvalue weighted by Crippen LogP contribution is 2.20. The second-order valence-electron chi connectivity index (χ2n) is 6.16. The summed E-state index contributed by atoms with van der Waals surface area (Å²) in [5, 5.41) is 6.78. The molecule has 0 radical (unpaired) electrons. The lowest BCUT2D eigenvalue weighted by Crippen LogP contribution is -2.13. The van der Waals surface area contributed by atoms with Gasteiger partial charge in [0.1, 0.15) is 0 Å². The summed E-state index contributed by atoms with van der Waals surface area (Å²) >= 11 is 0. The lowest BCUT2D eigenvalue weighted by molar-refractivity contribution is 0.102. The van der Waals surface area contributed by atoms with Gasteiger partial charge in [-0.15, -0.1) is 0 Å². The van der Waals surface area contributed by atoms with Crippen molar-refractivity contribution in [2.45, 2.75) is 13.3 Å². The third kappa shape index (κ3) is 3.79. The monoisotopic (exact) mass is 358 g/mol. The number of aryl methyl sites for hydroxylation is 1. The Morgan fingerprint density at radius 1 is 1.04 bits per heavy atom. The van der Waals surface area contributed by atoms with Crippen LogP contribution in [0.3, 0.4) is 0 Å². The number of nitrogens with zero attached hydrogens (tertiary/aromatic N) is 3. The smallest absolute Gasteiger partial charge is 0.255 e. The number of carbonyl (C=O) groups excluding carboxylic acids is 1. The molecule has 0 saturated heterocycles. The van der Waals surface area contributed by atoms with Crippen LogP contribution in [0.2, 0.25) is 0 Å². The van der Waals surface area contributed by atoms with E-state index in [1.807, 2.05) is 77.6 Å². The van der Waals surface area contributed by atoms with Gasteiger partial charge in [0.05, 0.1) is 6.42 Å². The third-order valence-electron chi connectivity index (χ3n) is 4.21. The molecular weight excluding hydrogens is 340 g/mol. The molecule has 0 bridgehead atoms. The molecule has 0 aliphatic rings. The maximum atomic E-state index is 12.7. The molecule has 0 saturated carbocycles. The molecule has 1 N–H and O–H groups in total. The Hall–Kier alpha value is -3.67. The van der Waals surface area contributed by atoms with Crippen LogP contribution in [-0.4, -0.2) is 20.6 Å². The fourth-order valence-corrected chi connectivity index (χ4v) is 2.86. The van der Waals surface area contributed by atoms with Crippen molar-refractivity contribution in [2.75, 3.05) is 5.32 Å². The van der Waals surface area contributed by atoms with Crippen molar-refractivity contribution < 1.29 is 9.32 Å². The Morgan fingerprint density at radius 2 is 1.78 bits per heavy atom. The molecule has 4 aromatic rings. The van der Waals surface area contributed by atoms with E-state index < -0.39 is 0 Å². The van der Waals surface area contributed by atoms with Crippen molar-refractivity contribution in [2.24, 2.45) is 0 Å². The summed E-state index contributed by atoms with van der Waals surface area (Å²) in [7, 11) is 0. The summed E-state index contributed by atoms with van der Waals surface area (Å²) in [6.07, 6.45) is 4.39. The van der Waals surface area contributed by atoms with Crippen molar-refractivity contribution >= 4 is 11.6 Å². The van der Waals surface area contributed by atoms with Gasteiger partial charge in [0.15, 0.2) is 5.82 Å². The first-order chi connectivity index (χ1) is 13.2. The molecule has 0 atom stereocenters. The molecule has 27 heavy (non-hydrogen) atoms. The number of benzene rings is 2. The number of carbonyl (C=O) groups is 1. The van der Waals surface area contributed by atoms with E-state index in [0.29, 0.717) is 23.7 Å². The van der Waals surface area contributed by atoms with Crippen LogP contribution in [-0.2, 0) is 6.42 Å². The molecule has 0 spiro atoms. The molecule has 134 valence electrons. The molecule has 1 amide bonds. The Balaban J connectivity index is 1.51. The van der Waals surface area contributed by atoms with Crippen LogP contribution in [0, 0.1) is 6.92 Å². The van der Waals surface area contributed by atoms with Gasteiger partial charge in [-0.25, -0.2) is 0 Å². The maximum Gasteiger partial charge on any atom is 0.255 e. The van der Waals surface area contributed by atoms with Crippen LogP contribution in [0.5, 0.6) is 0 Å². The zero-order valence-electron chi connectivity index (χ0n) is 14.8. The second-order valence-corrected chi connectivity index (χ2v) is 6.16. The van der Waals surface area contributed by atoms with Crippen LogP contribution in [0.1, 0.15) is 27.6 Å². The van der Waals surface area contributed by atoms with Gasteiger partial charge in [-0.05, 0) is 55.0 Å². The van der Waals surface area contributed by atoms with E-state index in [4.69, 9.17) is 4.52 Å². The number of hydrogen-bond donors (Lipinski definition) is 1.